The van der Waals surface area contributed by atoms with Crippen LogP contribution in [0.1, 0.15) is 41.9 Å². The minimum atomic E-state index is -0.425. The zero-order valence-electron chi connectivity index (χ0n) is 12.5. The summed E-state index contributed by atoms with van der Waals surface area (Å²) in [5.41, 5.74) is 2.25. The maximum Gasteiger partial charge on any atom is 0.274 e. The van der Waals surface area contributed by atoms with Crippen molar-refractivity contribution in [2.24, 2.45) is 0 Å². The molecule has 1 N–H and O–H groups in total. The molecule has 1 aliphatic carbocycles. The Labute approximate surface area is 124 Å². The lowest BCUT2D eigenvalue weighted by molar-refractivity contribution is 0.0265. The molecule has 1 fully saturated rings. The molecule has 2 heterocycles. The third-order valence-corrected chi connectivity index (χ3v) is 4.43. The van der Waals surface area contributed by atoms with Gasteiger partial charge in [0.15, 0.2) is 0 Å². The van der Waals surface area contributed by atoms with Crippen molar-refractivity contribution >= 4 is 11.6 Å². The highest BCUT2D eigenvalue weighted by molar-refractivity contribution is 5.93. The van der Waals surface area contributed by atoms with Gasteiger partial charge >= 0.3 is 0 Å². The van der Waals surface area contributed by atoms with E-state index in [0.717, 1.165) is 37.0 Å². The van der Waals surface area contributed by atoms with Crippen LogP contribution in [0.25, 0.3) is 5.65 Å². The Balaban J connectivity index is 1.87. The van der Waals surface area contributed by atoms with Gasteiger partial charge in [-0.25, -0.2) is 4.98 Å². The fraction of sp³-hybridized carbons (Fsp3) is 0.500. The van der Waals surface area contributed by atoms with Crippen molar-refractivity contribution in [2.75, 3.05) is 7.05 Å². The summed E-state index contributed by atoms with van der Waals surface area (Å²) >= 11 is 0. The number of fused-ring (bicyclic) bond motifs is 1. The Bertz CT molecular complexity index is 665. The first-order valence-electron chi connectivity index (χ1n) is 7.48. The largest absolute Gasteiger partial charge is 0.391 e. The van der Waals surface area contributed by atoms with Crippen molar-refractivity contribution in [1.29, 1.82) is 0 Å². The Morgan fingerprint density at radius 2 is 2.14 bits per heavy atom. The van der Waals surface area contributed by atoms with E-state index in [4.69, 9.17) is 0 Å². The number of hydrogen-bond acceptors (Lipinski definition) is 3. The first-order chi connectivity index (χ1) is 10.1. The Morgan fingerprint density at radius 1 is 1.38 bits per heavy atom. The summed E-state index contributed by atoms with van der Waals surface area (Å²) in [6.45, 7) is 1.98. The molecule has 3 rings (SSSR count). The molecule has 1 amide bonds. The van der Waals surface area contributed by atoms with Crippen molar-refractivity contribution in [2.45, 2.75) is 44.8 Å². The van der Waals surface area contributed by atoms with Crippen LogP contribution in [-0.4, -0.2) is 44.5 Å². The van der Waals surface area contributed by atoms with Crippen LogP contribution in [0.2, 0.25) is 0 Å². The summed E-state index contributed by atoms with van der Waals surface area (Å²) in [5, 5.41) is 10.1. The molecule has 1 saturated carbocycles. The average molecular weight is 287 g/mol. The number of rotatable bonds is 2. The molecule has 2 aromatic rings. The van der Waals surface area contributed by atoms with Crippen LogP contribution in [0, 0.1) is 6.92 Å². The molecule has 21 heavy (non-hydrogen) atoms. The van der Waals surface area contributed by atoms with Crippen LogP contribution in [0.15, 0.2) is 24.4 Å². The second-order valence-electron chi connectivity index (χ2n) is 5.86. The predicted octanol–water partition coefficient (Wildman–Crippen LogP) is 2.02. The van der Waals surface area contributed by atoms with Gasteiger partial charge in [-0.15, -0.1) is 0 Å². The van der Waals surface area contributed by atoms with E-state index in [9.17, 15) is 9.90 Å². The zero-order valence-corrected chi connectivity index (χ0v) is 12.5. The Hall–Kier alpha value is -1.88. The molecule has 5 heteroatoms. The minimum absolute atomic E-state index is 0.0999. The summed E-state index contributed by atoms with van der Waals surface area (Å²) in [6.07, 6.45) is 5.07. The van der Waals surface area contributed by atoms with Crippen LogP contribution in [0.5, 0.6) is 0 Å². The highest BCUT2D eigenvalue weighted by Gasteiger charge is 2.30. The van der Waals surface area contributed by atoms with Crippen molar-refractivity contribution in [3.63, 3.8) is 0 Å². The molecular weight excluding hydrogens is 266 g/mol. The quantitative estimate of drug-likeness (QED) is 0.919. The maximum absolute atomic E-state index is 12.6. The molecule has 112 valence electrons. The van der Waals surface area contributed by atoms with Gasteiger partial charge in [0.25, 0.3) is 5.91 Å². The minimum Gasteiger partial charge on any atom is -0.391 e. The number of aryl methyl sites for hydroxylation is 1. The van der Waals surface area contributed by atoms with Gasteiger partial charge in [0.1, 0.15) is 11.3 Å². The van der Waals surface area contributed by atoms with Crippen LogP contribution in [-0.2, 0) is 0 Å². The second kappa shape index (κ2) is 5.48. The first kappa shape index (κ1) is 14.1. The van der Waals surface area contributed by atoms with Crippen LogP contribution in [0.4, 0.5) is 0 Å². The third kappa shape index (κ3) is 2.53. The molecule has 0 bridgehead atoms. The highest BCUT2D eigenvalue weighted by Crippen LogP contribution is 2.23. The number of hydrogen-bond donors (Lipinski definition) is 1. The van der Waals surface area contributed by atoms with Crippen molar-refractivity contribution in [3.8, 4) is 0 Å². The monoisotopic (exact) mass is 287 g/mol. The summed E-state index contributed by atoms with van der Waals surface area (Å²) < 4.78 is 1.92. The lowest BCUT2D eigenvalue weighted by atomic mass is 9.91. The van der Waals surface area contributed by atoms with E-state index in [0.29, 0.717) is 5.69 Å². The number of amides is 1. The number of aliphatic hydroxyl groups excluding tert-OH is 1. The second-order valence-corrected chi connectivity index (χ2v) is 5.86. The molecule has 0 radical (unpaired) electrons. The third-order valence-electron chi connectivity index (χ3n) is 4.43. The number of carbonyl (C=O) groups is 1. The smallest absolute Gasteiger partial charge is 0.274 e. The molecule has 0 spiro atoms. The van der Waals surface area contributed by atoms with Gasteiger partial charge in [-0.05, 0) is 31.9 Å². The molecule has 5 nitrogen and oxygen atoms in total. The summed E-state index contributed by atoms with van der Waals surface area (Å²) in [4.78, 5) is 18.7. The van der Waals surface area contributed by atoms with E-state index in [1.54, 1.807) is 18.1 Å². The van der Waals surface area contributed by atoms with E-state index < -0.39 is 6.10 Å². The Kier molecular flexibility index (Phi) is 3.68. The molecule has 2 aromatic heterocycles. The normalized spacial score (nSPS) is 22.4. The topological polar surface area (TPSA) is 57.8 Å². The van der Waals surface area contributed by atoms with Crippen molar-refractivity contribution in [1.82, 2.24) is 14.3 Å². The molecule has 2 unspecified atom stereocenters. The molecule has 2 atom stereocenters. The van der Waals surface area contributed by atoms with Gasteiger partial charge < -0.3 is 14.4 Å². The predicted molar refractivity (Wildman–Crippen MR) is 80.3 cm³/mol. The van der Waals surface area contributed by atoms with E-state index in [2.05, 4.69) is 4.98 Å². The standard InChI is InChI=1S/C16H21N3O2/c1-11-6-5-9-15-17-12(10-19(11)15)16(21)18(2)13-7-3-4-8-14(13)20/h5-6,9-10,13-14,20H,3-4,7-8H2,1-2H3. The van der Waals surface area contributed by atoms with Crippen molar-refractivity contribution in [3.05, 3.63) is 35.8 Å². The van der Waals surface area contributed by atoms with Gasteiger partial charge in [-0.1, -0.05) is 18.9 Å². The maximum atomic E-state index is 12.6. The van der Waals surface area contributed by atoms with Gasteiger partial charge in [0, 0.05) is 18.9 Å². The van der Waals surface area contributed by atoms with Crippen LogP contribution >= 0.6 is 0 Å². The molecule has 1 aliphatic rings. The first-order valence-corrected chi connectivity index (χ1v) is 7.48. The fourth-order valence-corrected chi connectivity index (χ4v) is 3.13. The molecular formula is C16H21N3O2. The van der Waals surface area contributed by atoms with Gasteiger partial charge in [-0.3, -0.25) is 4.79 Å². The number of aliphatic hydroxyl groups is 1. The highest BCUT2D eigenvalue weighted by atomic mass is 16.3. The van der Waals surface area contributed by atoms with Crippen LogP contribution < -0.4 is 0 Å². The van der Waals surface area contributed by atoms with E-state index >= 15 is 0 Å². The molecule has 0 aromatic carbocycles. The number of pyridine rings is 1. The van der Waals surface area contributed by atoms with Gasteiger partial charge in [-0.2, -0.15) is 0 Å². The lowest BCUT2D eigenvalue weighted by Gasteiger charge is -2.34. The summed E-state index contributed by atoms with van der Waals surface area (Å²) in [5.74, 6) is -0.121. The fourth-order valence-electron chi connectivity index (χ4n) is 3.13. The van der Waals surface area contributed by atoms with E-state index in [1.165, 1.54) is 0 Å². The lowest BCUT2D eigenvalue weighted by Crippen LogP contribution is -2.46. The summed E-state index contributed by atoms with van der Waals surface area (Å²) in [7, 11) is 1.76. The van der Waals surface area contributed by atoms with E-state index in [-0.39, 0.29) is 11.9 Å². The number of carbonyl (C=O) groups excluding carboxylic acids is 1. The van der Waals surface area contributed by atoms with Gasteiger partial charge in [0.05, 0.1) is 12.1 Å². The number of imidazole rings is 1. The number of nitrogens with zero attached hydrogens (tertiary/aromatic N) is 3. The SMILES string of the molecule is Cc1cccc2nc(C(=O)N(C)C3CCCCC3O)cn12. The van der Waals surface area contributed by atoms with Crippen LogP contribution in [0.3, 0.4) is 0 Å². The number of aromatic nitrogens is 2. The number of likely N-dealkylation sites (N-methyl/N-ethyl adjacent to an activating group) is 1. The molecule has 0 aliphatic heterocycles. The van der Waals surface area contributed by atoms with E-state index in [1.807, 2.05) is 29.5 Å². The Morgan fingerprint density at radius 3 is 2.86 bits per heavy atom. The molecule has 0 saturated heterocycles. The van der Waals surface area contributed by atoms with Crippen molar-refractivity contribution < 1.29 is 9.90 Å². The van der Waals surface area contributed by atoms with Gasteiger partial charge in [0.2, 0.25) is 0 Å². The zero-order chi connectivity index (χ0) is 15.0. The average Bonchev–Trinajstić information content (AvgIpc) is 2.92. The summed E-state index contributed by atoms with van der Waals surface area (Å²) in [6, 6.07) is 5.70.